The van der Waals surface area contributed by atoms with Gasteiger partial charge in [0.25, 0.3) is 0 Å². The van der Waals surface area contributed by atoms with E-state index in [2.05, 4.69) is 4.74 Å². The first-order chi connectivity index (χ1) is 8.85. The zero-order chi connectivity index (χ0) is 14.5. The molecule has 110 valence electrons. The third kappa shape index (κ3) is 5.15. The van der Waals surface area contributed by atoms with E-state index in [1.54, 1.807) is 6.92 Å². The number of sulfonamides is 1. The van der Waals surface area contributed by atoms with Gasteiger partial charge in [-0.3, -0.25) is 9.59 Å². The summed E-state index contributed by atoms with van der Waals surface area (Å²) in [5, 5.41) is 8.68. The zero-order valence-corrected chi connectivity index (χ0v) is 11.7. The Morgan fingerprint density at radius 1 is 1.32 bits per heavy atom. The number of carboxylic acids is 1. The van der Waals surface area contributed by atoms with Crippen molar-refractivity contribution in [1.82, 2.24) is 4.31 Å². The summed E-state index contributed by atoms with van der Waals surface area (Å²) in [5.41, 5.74) is 0. The number of piperidine rings is 1. The van der Waals surface area contributed by atoms with Gasteiger partial charge in [0.05, 0.1) is 6.61 Å². The predicted molar refractivity (Wildman–Crippen MR) is 67.0 cm³/mol. The lowest BCUT2D eigenvalue weighted by atomic mass is 9.95. The van der Waals surface area contributed by atoms with Gasteiger partial charge in [0.2, 0.25) is 10.0 Å². The number of carbonyl (C=O) groups is 2. The molecule has 1 aliphatic heterocycles. The van der Waals surface area contributed by atoms with Gasteiger partial charge in [0.1, 0.15) is 0 Å². The van der Waals surface area contributed by atoms with Gasteiger partial charge in [-0.05, 0) is 25.7 Å². The molecule has 0 aromatic rings. The normalized spacial score (nSPS) is 18.2. The number of carbonyl (C=O) groups excluding carboxylic acids is 1. The number of hydrogen-bond acceptors (Lipinski definition) is 5. The number of carboxylic acid groups (broad SMARTS) is 1. The summed E-state index contributed by atoms with van der Waals surface area (Å²) in [6, 6.07) is 0. The second-order valence-electron chi connectivity index (χ2n) is 4.50. The van der Waals surface area contributed by atoms with Crippen molar-refractivity contribution in [3.8, 4) is 0 Å². The molecule has 0 radical (unpaired) electrons. The third-order valence-electron chi connectivity index (χ3n) is 3.04. The average molecular weight is 293 g/mol. The van der Waals surface area contributed by atoms with Gasteiger partial charge in [0, 0.05) is 19.5 Å². The smallest absolute Gasteiger partial charge is 0.322 e. The van der Waals surface area contributed by atoms with E-state index < -0.39 is 27.7 Å². The van der Waals surface area contributed by atoms with Crippen LogP contribution in [0.15, 0.2) is 0 Å². The van der Waals surface area contributed by atoms with Gasteiger partial charge >= 0.3 is 11.9 Å². The Bertz CT molecular complexity index is 424. The summed E-state index contributed by atoms with van der Waals surface area (Å²) >= 11 is 0. The molecule has 19 heavy (non-hydrogen) atoms. The first kappa shape index (κ1) is 15.9. The summed E-state index contributed by atoms with van der Waals surface area (Å²) in [7, 11) is -3.65. The Hall–Kier alpha value is -1.15. The Kier molecular flexibility index (Phi) is 5.74. The van der Waals surface area contributed by atoms with Crippen molar-refractivity contribution in [3.63, 3.8) is 0 Å². The molecule has 0 amide bonds. The van der Waals surface area contributed by atoms with Crippen molar-refractivity contribution in [2.75, 3.05) is 25.4 Å². The zero-order valence-electron chi connectivity index (χ0n) is 10.9. The van der Waals surface area contributed by atoms with Crippen LogP contribution in [-0.2, 0) is 24.3 Å². The Balaban J connectivity index is 2.49. The highest BCUT2D eigenvalue weighted by Crippen LogP contribution is 2.22. The molecule has 8 heteroatoms. The van der Waals surface area contributed by atoms with Gasteiger partial charge in [-0.2, -0.15) is 0 Å². The molecule has 1 saturated heterocycles. The van der Waals surface area contributed by atoms with Crippen LogP contribution in [0.2, 0.25) is 0 Å². The summed E-state index contributed by atoms with van der Waals surface area (Å²) in [5.74, 6) is -2.26. The molecule has 0 aliphatic carbocycles. The van der Waals surface area contributed by atoms with Crippen molar-refractivity contribution in [3.05, 3.63) is 0 Å². The predicted octanol–water partition coefficient (Wildman–Crippen LogP) is 0.0660. The highest BCUT2D eigenvalue weighted by Gasteiger charge is 2.30. The first-order valence-electron chi connectivity index (χ1n) is 6.20. The molecule has 0 bridgehead atoms. The van der Waals surface area contributed by atoms with Crippen molar-refractivity contribution in [2.45, 2.75) is 26.2 Å². The Morgan fingerprint density at radius 3 is 2.37 bits per heavy atom. The summed E-state index contributed by atoms with van der Waals surface area (Å²) < 4.78 is 29.7. The Labute approximate surface area is 112 Å². The van der Waals surface area contributed by atoms with Gasteiger partial charge in [0.15, 0.2) is 5.75 Å². The van der Waals surface area contributed by atoms with Crippen LogP contribution in [0.1, 0.15) is 26.2 Å². The summed E-state index contributed by atoms with van der Waals surface area (Å²) in [6.45, 7) is 2.29. The molecule has 1 N–H and O–H groups in total. The molecule has 1 aliphatic rings. The minimum Gasteiger partial charge on any atom is -0.481 e. The maximum atomic E-state index is 11.9. The minimum atomic E-state index is -3.65. The second kappa shape index (κ2) is 6.85. The SMILES string of the molecule is CCOC(=O)CS(=O)(=O)N1CCC(CC(=O)O)CC1. The van der Waals surface area contributed by atoms with E-state index in [0.717, 1.165) is 0 Å². The topological polar surface area (TPSA) is 101 Å². The van der Waals surface area contributed by atoms with Gasteiger partial charge in [-0.1, -0.05) is 0 Å². The standard InChI is InChI=1S/C11H19NO6S/c1-2-18-11(15)8-19(16,17)12-5-3-9(4-6-12)7-10(13)14/h9H,2-8H2,1H3,(H,13,14). The van der Waals surface area contributed by atoms with Crippen LogP contribution >= 0.6 is 0 Å². The highest BCUT2D eigenvalue weighted by molar-refractivity contribution is 7.89. The van der Waals surface area contributed by atoms with Crippen LogP contribution in [0.4, 0.5) is 0 Å². The van der Waals surface area contributed by atoms with E-state index in [9.17, 15) is 18.0 Å². The monoisotopic (exact) mass is 293 g/mol. The van der Waals surface area contributed by atoms with Crippen LogP contribution in [0.3, 0.4) is 0 Å². The van der Waals surface area contributed by atoms with Crippen molar-refractivity contribution < 1.29 is 27.9 Å². The fourth-order valence-electron chi connectivity index (χ4n) is 2.08. The number of hydrogen-bond donors (Lipinski definition) is 1. The van der Waals surface area contributed by atoms with Gasteiger partial charge in [-0.15, -0.1) is 0 Å². The summed E-state index contributed by atoms with van der Waals surface area (Å²) in [6.07, 6.45) is 1.08. The van der Waals surface area contributed by atoms with Gasteiger partial charge in [-0.25, -0.2) is 12.7 Å². The molecule has 0 unspecified atom stereocenters. The molecular formula is C11H19NO6S. The fourth-order valence-corrected chi connectivity index (χ4v) is 3.41. The lowest BCUT2D eigenvalue weighted by molar-refractivity contribution is -0.140. The molecule has 1 heterocycles. The van der Waals surface area contributed by atoms with Crippen LogP contribution in [0, 0.1) is 5.92 Å². The van der Waals surface area contributed by atoms with E-state index in [0.29, 0.717) is 12.8 Å². The number of aliphatic carboxylic acids is 1. The Morgan fingerprint density at radius 2 is 1.89 bits per heavy atom. The van der Waals surface area contributed by atoms with E-state index >= 15 is 0 Å². The molecule has 0 saturated carbocycles. The molecule has 1 fully saturated rings. The molecule has 0 spiro atoms. The maximum absolute atomic E-state index is 11.9. The number of ether oxygens (including phenoxy) is 1. The molecule has 7 nitrogen and oxygen atoms in total. The number of nitrogens with zero attached hydrogens (tertiary/aromatic N) is 1. The van der Waals surface area contributed by atoms with Crippen LogP contribution in [0.25, 0.3) is 0 Å². The largest absolute Gasteiger partial charge is 0.481 e. The number of esters is 1. The molecule has 0 aromatic heterocycles. The summed E-state index contributed by atoms with van der Waals surface area (Å²) in [4.78, 5) is 21.8. The third-order valence-corrected chi connectivity index (χ3v) is 4.79. The second-order valence-corrected chi connectivity index (χ2v) is 6.47. The highest BCUT2D eigenvalue weighted by atomic mass is 32.2. The molecule has 1 rings (SSSR count). The quantitative estimate of drug-likeness (QED) is 0.695. The van der Waals surface area contributed by atoms with Crippen LogP contribution in [0.5, 0.6) is 0 Å². The molecule has 0 atom stereocenters. The van der Waals surface area contributed by atoms with E-state index in [1.165, 1.54) is 4.31 Å². The molecular weight excluding hydrogens is 274 g/mol. The lowest BCUT2D eigenvalue weighted by Crippen LogP contribution is -2.41. The van der Waals surface area contributed by atoms with Crippen LogP contribution in [-0.4, -0.2) is 55.2 Å². The minimum absolute atomic E-state index is 0.00606. The number of rotatable bonds is 6. The molecule has 0 aromatic carbocycles. The van der Waals surface area contributed by atoms with E-state index in [1.807, 2.05) is 0 Å². The first-order valence-corrected chi connectivity index (χ1v) is 7.81. The van der Waals surface area contributed by atoms with Crippen molar-refractivity contribution >= 4 is 22.0 Å². The fraction of sp³-hybridized carbons (Fsp3) is 0.818. The van der Waals surface area contributed by atoms with Crippen LogP contribution < -0.4 is 0 Å². The lowest BCUT2D eigenvalue weighted by Gasteiger charge is -2.30. The van der Waals surface area contributed by atoms with Crippen molar-refractivity contribution in [2.24, 2.45) is 5.92 Å². The average Bonchev–Trinajstić information content (AvgIpc) is 2.28. The van der Waals surface area contributed by atoms with Gasteiger partial charge < -0.3 is 9.84 Å². The maximum Gasteiger partial charge on any atom is 0.322 e. The van der Waals surface area contributed by atoms with E-state index in [4.69, 9.17) is 5.11 Å². The van der Waals surface area contributed by atoms with E-state index in [-0.39, 0.29) is 32.0 Å². The van der Waals surface area contributed by atoms with Crippen molar-refractivity contribution in [1.29, 1.82) is 0 Å².